The molecule has 160 valence electrons. The first kappa shape index (κ1) is 19.7. The van der Waals surface area contributed by atoms with Gasteiger partial charge >= 0.3 is 0 Å². The van der Waals surface area contributed by atoms with E-state index < -0.39 is 0 Å². The zero-order valence-corrected chi connectivity index (χ0v) is 18.9. The molecule has 0 spiro atoms. The maximum atomic E-state index is 6.46. The fraction of sp³-hybridized carbons (Fsp3) is 0.346. The maximum absolute atomic E-state index is 6.46. The normalized spacial score (nSPS) is 20.9. The van der Waals surface area contributed by atoms with Crippen LogP contribution in [0.5, 0.6) is 11.5 Å². The van der Waals surface area contributed by atoms with Gasteiger partial charge in [0.2, 0.25) is 5.90 Å². The second-order valence-electron chi connectivity index (χ2n) is 9.58. The predicted molar refractivity (Wildman–Crippen MR) is 126 cm³/mol. The lowest BCUT2D eigenvalue weighted by Crippen LogP contribution is -2.32. The molecule has 31 heavy (non-hydrogen) atoms. The van der Waals surface area contributed by atoms with Gasteiger partial charge in [0.1, 0.15) is 23.9 Å². The number of nitrogens with one attached hydrogen (secondary N) is 1. The average molecular weight is 417 g/mol. The minimum absolute atomic E-state index is 0.122. The highest BCUT2D eigenvalue weighted by atomic mass is 16.5. The number of methoxy groups -OCH3 is 1. The minimum Gasteiger partial charge on any atom is -0.496 e. The first-order valence-corrected chi connectivity index (χ1v) is 10.6. The number of fused-ring (bicyclic) bond motifs is 5. The predicted octanol–water partition coefficient (Wildman–Crippen LogP) is 5.91. The van der Waals surface area contributed by atoms with E-state index in [1.54, 1.807) is 7.11 Å². The SMILES string of the molecule is COc1cccc2c1-c1ccc3c(c1/C(=C/C1=NC(C)(C)CO1)O2)C(C)=CC(C)(C)N3. The van der Waals surface area contributed by atoms with Gasteiger partial charge in [-0.3, -0.25) is 0 Å². The first-order valence-electron chi connectivity index (χ1n) is 10.6. The van der Waals surface area contributed by atoms with Crippen molar-refractivity contribution in [1.29, 1.82) is 0 Å². The van der Waals surface area contributed by atoms with E-state index in [1.165, 1.54) is 5.57 Å². The number of aliphatic imine (C=N–C) groups is 1. The molecule has 0 aromatic heterocycles. The Morgan fingerprint density at radius 1 is 1.06 bits per heavy atom. The van der Waals surface area contributed by atoms with E-state index >= 15 is 0 Å². The molecule has 0 unspecified atom stereocenters. The molecule has 3 heterocycles. The van der Waals surface area contributed by atoms with Gasteiger partial charge in [-0.15, -0.1) is 0 Å². The van der Waals surface area contributed by atoms with Crippen molar-refractivity contribution in [3.63, 3.8) is 0 Å². The molecular formula is C26H28N2O3. The Kier molecular flexibility index (Phi) is 4.23. The van der Waals surface area contributed by atoms with Gasteiger partial charge in [-0.2, -0.15) is 0 Å². The van der Waals surface area contributed by atoms with Crippen LogP contribution >= 0.6 is 0 Å². The van der Waals surface area contributed by atoms with E-state index in [-0.39, 0.29) is 11.1 Å². The van der Waals surface area contributed by atoms with Crippen LogP contribution in [0.1, 0.15) is 45.7 Å². The van der Waals surface area contributed by atoms with E-state index in [9.17, 15) is 0 Å². The van der Waals surface area contributed by atoms with Gasteiger partial charge in [0.15, 0.2) is 0 Å². The summed E-state index contributed by atoms with van der Waals surface area (Å²) < 4.78 is 18.0. The highest BCUT2D eigenvalue weighted by Gasteiger charge is 2.34. The van der Waals surface area contributed by atoms with Crippen LogP contribution in [0.15, 0.2) is 47.5 Å². The van der Waals surface area contributed by atoms with Crippen LogP contribution in [0, 0.1) is 0 Å². The summed E-state index contributed by atoms with van der Waals surface area (Å²) in [6, 6.07) is 10.2. The van der Waals surface area contributed by atoms with Gasteiger partial charge in [0.25, 0.3) is 0 Å². The van der Waals surface area contributed by atoms with Crippen LogP contribution < -0.4 is 14.8 Å². The highest BCUT2D eigenvalue weighted by Crippen LogP contribution is 2.51. The summed E-state index contributed by atoms with van der Waals surface area (Å²) in [4.78, 5) is 4.71. The summed E-state index contributed by atoms with van der Waals surface area (Å²) in [7, 11) is 1.69. The molecule has 0 radical (unpaired) electrons. The molecule has 0 saturated carbocycles. The van der Waals surface area contributed by atoms with Gasteiger partial charge < -0.3 is 19.5 Å². The lowest BCUT2D eigenvalue weighted by Gasteiger charge is -2.35. The van der Waals surface area contributed by atoms with E-state index in [1.807, 2.05) is 24.3 Å². The number of rotatable bonds is 2. The number of nitrogens with zero attached hydrogens (tertiary/aromatic N) is 1. The Balaban J connectivity index is 1.79. The molecule has 5 heteroatoms. The Morgan fingerprint density at radius 2 is 1.87 bits per heavy atom. The summed E-state index contributed by atoms with van der Waals surface area (Å²) in [5.41, 5.74) is 6.15. The Hall–Kier alpha value is -3.21. The summed E-state index contributed by atoms with van der Waals surface area (Å²) in [5, 5.41) is 3.64. The van der Waals surface area contributed by atoms with Gasteiger partial charge in [-0.05, 0) is 58.4 Å². The lowest BCUT2D eigenvalue weighted by molar-refractivity contribution is 0.280. The molecule has 5 nitrogen and oxygen atoms in total. The van der Waals surface area contributed by atoms with Crippen LogP contribution in [-0.2, 0) is 4.74 Å². The van der Waals surface area contributed by atoms with Gasteiger partial charge in [-0.1, -0.05) is 18.2 Å². The molecule has 3 aliphatic rings. The minimum atomic E-state index is -0.234. The molecule has 0 atom stereocenters. The largest absolute Gasteiger partial charge is 0.496 e. The molecule has 1 N–H and O–H groups in total. The number of hydrogen-bond acceptors (Lipinski definition) is 5. The van der Waals surface area contributed by atoms with Gasteiger partial charge in [0, 0.05) is 28.5 Å². The van der Waals surface area contributed by atoms with Crippen LogP contribution in [0.2, 0.25) is 0 Å². The van der Waals surface area contributed by atoms with Crippen molar-refractivity contribution in [1.82, 2.24) is 0 Å². The molecule has 0 amide bonds. The molecule has 2 aromatic rings. The molecule has 2 aromatic carbocycles. The second-order valence-corrected chi connectivity index (χ2v) is 9.58. The van der Waals surface area contributed by atoms with Crippen LogP contribution in [0.25, 0.3) is 22.5 Å². The van der Waals surface area contributed by atoms with Crippen molar-refractivity contribution in [2.24, 2.45) is 4.99 Å². The molecule has 0 saturated heterocycles. The first-order chi connectivity index (χ1) is 14.7. The maximum Gasteiger partial charge on any atom is 0.213 e. The van der Waals surface area contributed by atoms with Crippen molar-refractivity contribution in [3.8, 4) is 22.6 Å². The molecule has 0 fully saturated rings. The van der Waals surface area contributed by atoms with Crippen molar-refractivity contribution >= 4 is 22.9 Å². The van der Waals surface area contributed by atoms with E-state index in [4.69, 9.17) is 19.2 Å². The Bertz CT molecular complexity index is 1190. The zero-order valence-electron chi connectivity index (χ0n) is 18.9. The number of allylic oxidation sites excluding steroid dienone is 1. The van der Waals surface area contributed by atoms with Crippen molar-refractivity contribution < 1.29 is 14.2 Å². The molecule has 0 aliphatic carbocycles. The number of anilines is 1. The number of hydrogen-bond donors (Lipinski definition) is 1. The fourth-order valence-electron chi connectivity index (χ4n) is 4.68. The van der Waals surface area contributed by atoms with Crippen molar-refractivity contribution in [2.75, 3.05) is 19.0 Å². The Labute approximate surface area is 183 Å². The average Bonchev–Trinajstić information content (AvgIpc) is 3.04. The van der Waals surface area contributed by atoms with Crippen LogP contribution in [0.4, 0.5) is 5.69 Å². The quantitative estimate of drug-likeness (QED) is 0.661. The fourth-order valence-corrected chi connectivity index (χ4v) is 4.68. The van der Waals surface area contributed by atoms with Gasteiger partial charge in [-0.25, -0.2) is 4.99 Å². The number of ether oxygens (including phenoxy) is 3. The number of benzene rings is 2. The Morgan fingerprint density at radius 3 is 2.58 bits per heavy atom. The third-order valence-corrected chi connectivity index (χ3v) is 5.82. The summed E-state index contributed by atoms with van der Waals surface area (Å²) in [5.74, 6) is 2.89. The van der Waals surface area contributed by atoms with Gasteiger partial charge in [0.05, 0.1) is 23.8 Å². The monoisotopic (exact) mass is 416 g/mol. The smallest absolute Gasteiger partial charge is 0.213 e. The topological polar surface area (TPSA) is 52.1 Å². The van der Waals surface area contributed by atoms with Crippen LogP contribution in [0.3, 0.4) is 0 Å². The summed E-state index contributed by atoms with van der Waals surface area (Å²) in [6.07, 6.45) is 4.18. The van der Waals surface area contributed by atoms with Crippen molar-refractivity contribution in [3.05, 3.63) is 53.6 Å². The zero-order chi connectivity index (χ0) is 22.0. The molecular weight excluding hydrogens is 388 g/mol. The van der Waals surface area contributed by atoms with E-state index in [2.05, 4.69) is 58.1 Å². The molecule has 0 bridgehead atoms. The van der Waals surface area contributed by atoms with Crippen LogP contribution in [-0.4, -0.2) is 30.7 Å². The van der Waals surface area contributed by atoms with E-state index in [0.29, 0.717) is 12.5 Å². The molecule has 3 aliphatic heterocycles. The molecule has 5 rings (SSSR count). The third-order valence-electron chi connectivity index (χ3n) is 5.82. The third kappa shape index (κ3) is 3.29. The second kappa shape index (κ2) is 6.64. The highest BCUT2D eigenvalue weighted by molar-refractivity contribution is 6.04. The summed E-state index contributed by atoms with van der Waals surface area (Å²) >= 11 is 0. The lowest BCUT2D eigenvalue weighted by atomic mass is 9.83. The standard InChI is InChI=1S/C26H28N2O3/c1-15-13-25(2,3)27-17-11-10-16-23-18(29-6)8-7-9-19(23)31-20(24(16)22(15)17)12-21-28-26(4,5)14-30-21/h7-13,27H,14H2,1-6H3/b20-12-. The summed E-state index contributed by atoms with van der Waals surface area (Å²) in [6.45, 7) is 11.2. The van der Waals surface area contributed by atoms with E-state index in [0.717, 1.165) is 45.2 Å². The van der Waals surface area contributed by atoms with Crippen molar-refractivity contribution in [2.45, 2.75) is 45.7 Å².